The van der Waals surface area contributed by atoms with Gasteiger partial charge in [-0.2, -0.15) is 8.42 Å². The summed E-state index contributed by atoms with van der Waals surface area (Å²) in [6.45, 7) is 1.77. The van der Waals surface area contributed by atoms with Crippen LogP contribution in [0, 0.1) is 6.92 Å². The van der Waals surface area contributed by atoms with Gasteiger partial charge in [-0.05, 0) is 18.6 Å². The van der Waals surface area contributed by atoms with Crippen LogP contribution in [0.4, 0.5) is 11.5 Å². The number of aromatic amines is 1. The van der Waals surface area contributed by atoms with E-state index in [1.165, 1.54) is 18.7 Å². The molecule has 0 unspecified atom stereocenters. The number of sulfonamides is 1. The molecule has 0 amide bonds. The van der Waals surface area contributed by atoms with Crippen LogP contribution < -0.4 is 10.5 Å². The fraction of sp³-hybridized carbons (Fsp3) is 0.111. The predicted octanol–water partition coefficient (Wildman–Crippen LogP) is 0.496. The summed E-state index contributed by atoms with van der Waals surface area (Å²) in [5, 5.41) is -0.0196. The molecule has 0 radical (unpaired) electrons. The molecule has 2 aromatic heterocycles. The van der Waals surface area contributed by atoms with Crippen molar-refractivity contribution in [2.24, 2.45) is 0 Å². The van der Waals surface area contributed by atoms with E-state index in [0.29, 0.717) is 5.69 Å². The van der Waals surface area contributed by atoms with Crippen molar-refractivity contribution in [1.82, 2.24) is 15.0 Å². The molecule has 0 aliphatic rings. The van der Waals surface area contributed by atoms with E-state index in [9.17, 15) is 8.42 Å². The van der Waals surface area contributed by atoms with Crippen LogP contribution in [0.5, 0.6) is 0 Å². The van der Waals surface area contributed by atoms with Gasteiger partial charge in [-0.25, -0.2) is 9.97 Å². The highest BCUT2D eigenvalue weighted by Gasteiger charge is 2.16. The maximum absolute atomic E-state index is 11.8. The number of anilines is 2. The highest BCUT2D eigenvalue weighted by atomic mass is 32.2. The Hall–Kier alpha value is -2.09. The molecule has 0 spiro atoms. The number of nitrogens with zero attached hydrogens (tertiary/aromatic N) is 2. The third-order valence-electron chi connectivity index (χ3n) is 2.15. The topological polar surface area (TPSA) is 114 Å². The van der Waals surface area contributed by atoms with Gasteiger partial charge in [-0.3, -0.25) is 4.72 Å². The summed E-state index contributed by atoms with van der Waals surface area (Å²) in [5.41, 5.74) is 6.85. The Morgan fingerprint density at radius 2 is 2.18 bits per heavy atom. The number of hydrogen-bond acceptors (Lipinski definition) is 5. The highest BCUT2D eigenvalue weighted by Crippen LogP contribution is 2.16. The van der Waals surface area contributed by atoms with Gasteiger partial charge in [0.15, 0.2) is 5.03 Å². The number of pyridine rings is 1. The lowest BCUT2D eigenvalue weighted by molar-refractivity contribution is 0.598. The van der Waals surface area contributed by atoms with Crippen molar-refractivity contribution in [2.75, 3.05) is 10.5 Å². The van der Waals surface area contributed by atoms with Crippen LogP contribution in [-0.4, -0.2) is 23.4 Å². The van der Waals surface area contributed by atoms with Gasteiger partial charge in [0.1, 0.15) is 5.82 Å². The summed E-state index contributed by atoms with van der Waals surface area (Å²) in [7, 11) is -3.67. The van der Waals surface area contributed by atoms with Crippen LogP contribution >= 0.6 is 0 Å². The molecule has 2 rings (SSSR count). The van der Waals surface area contributed by atoms with Gasteiger partial charge in [-0.15, -0.1) is 0 Å². The van der Waals surface area contributed by atoms with Gasteiger partial charge in [0.05, 0.1) is 24.4 Å². The van der Waals surface area contributed by atoms with Crippen molar-refractivity contribution < 1.29 is 8.42 Å². The maximum atomic E-state index is 11.8. The van der Waals surface area contributed by atoms with Gasteiger partial charge >= 0.3 is 0 Å². The number of rotatable bonds is 3. The molecular weight excluding hydrogens is 242 g/mol. The van der Waals surface area contributed by atoms with Crippen molar-refractivity contribution in [3.05, 3.63) is 30.4 Å². The summed E-state index contributed by atoms with van der Waals surface area (Å²) in [6.07, 6.45) is 3.91. The summed E-state index contributed by atoms with van der Waals surface area (Å²) in [4.78, 5) is 10.0. The van der Waals surface area contributed by atoms with Gasteiger partial charge in [0.2, 0.25) is 0 Å². The molecule has 0 bridgehead atoms. The molecule has 8 heteroatoms. The number of nitrogens with one attached hydrogen (secondary N) is 2. The quantitative estimate of drug-likeness (QED) is 0.736. The molecule has 17 heavy (non-hydrogen) atoms. The van der Waals surface area contributed by atoms with E-state index in [2.05, 4.69) is 19.7 Å². The normalized spacial score (nSPS) is 11.4. The lowest BCUT2D eigenvalue weighted by Gasteiger charge is -2.06. The molecule has 0 aliphatic carbocycles. The SMILES string of the molecule is Cc1cc(NS(=O)(=O)c2cnc[nH]2)ncc1N. The number of aryl methyl sites for hydroxylation is 1. The van der Waals surface area contributed by atoms with Crippen LogP contribution in [0.1, 0.15) is 5.56 Å². The van der Waals surface area contributed by atoms with E-state index in [0.717, 1.165) is 5.56 Å². The predicted molar refractivity (Wildman–Crippen MR) is 62.8 cm³/mol. The molecule has 0 atom stereocenters. The van der Waals surface area contributed by atoms with Gasteiger partial charge in [0, 0.05) is 0 Å². The molecule has 90 valence electrons. The zero-order valence-electron chi connectivity index (χ0n) is 9.01. The smallest absolute Gasteiger partial charge is 0.280 e. The lowest BCUT2D eigenvalue weighted by Crippen LogP contribution is -2.14. The average molecular weight is 253 g/mol. The largest absolute Gasteiger partial charge is 0.397 e. The Morgan fingerprint density at radius 1 is 1.41 bits per heavy atom. The van der Waals surface area contributed by atoms with Crippen LogP contribution in [0.15, 0.2) is 29.8 Å². The van der Waals surface area contributed by atoms with E-state index in [-0.39, 0.29) is 10.8 Å². The maximum Gasteiger partial charge on any atom is 0.280 e. The molecule has 2 heterocycles. The number of hydrogen-bond donors (Lipinski definition) is 3. The fourth-order valence-corrected chi connectivity index (χ4v) is 2.11. The lowest BCUT2D eigenvalue weighted by atomic mass is 10.2. The van der Waals surface area contributed by atoms with Crippen molar-refractivity contribution in [3.8, 4) is 0 Å². The molecule has 4 N–H and O–H groups in total. The molecular formula is C9H11N5O2S. The number of aromatic nitrogens is 3. The second kappa shape index (κ2) is 4.06. The monoisotopic (exact) mass is 253 g/mol. The molecule has 0 aromatic carbocycles. The van der Waals surface area contributed by atoms with Crippen LogP contribution in [-0.2, 0) is 10.0 Å². The minimum atomic E-state index is -3.67. The van der Waals surface area contributed by atoms with Crippen molar-refractivity contribution >= 4 is 21.5 Å². The first kappa shape index (κ1) is 11.4. The third kappa shape index (κ3) is 2.36. The van der Waals surface area contributed by atoms with Crippen molar-refractivity contribution in [3.63, 3.8) is 0 Å². The standard InChI is InChI=1S/C9H11N5O2S/c1-6-2-8(12-3-7(6)10)14-17(15,16)9-4-11-5-13-9/h2-5H,10H2,1H3,(H,11,13)(H,12,14). The Bertz CT molecular complexity index is 621. The zero-order valence-corrected chi connectivity index (χ0v) is 9.82. The van der Waals surface area contributed by atoms with E-state index >= 15 is 0 Å². The van der Waals surface area contributed by atoms with E-state index in [4.69, 9.17) is 5.73 Å². The number of H-pyrrole nitrogens is 1. The molecule has 7 nitrogen and oxygen atoms in total. The van der Waals surface area contributed by atoms with E-state index < -0.39 is 10.0 Å². The minimum Gasteiger partial charge on any atom is -0.397 e. The van der Waals surface area contributed by atoms with E-state index in [1.54, 1.807) is 13.0 Å². The summed E-state index contributed by atoms with van der Waals surface area (Å²) in [6, 6.07) is 1.56. The Balaban J connectivity index is 2.30. The van der Waals surface area contributed by atoms with Crippen LogP contribution in [0.2, 0.25) is 0 Å². The Labute approximate surface area is 98.2 Å². The van der Waals surface area contributed by atoms with Crippen molar-refractivity contribution in [1.29, 1.82) is 0 Å². The van der Waals surface area contributed by atoms with Gasteiger partial charge < -0.3 is 10.7 Å². The Kier molecular flexibility index (Phi) is 2.72. The average Bonchev–Trinajstić information content (AvgIpc) is 2.77. The second-order valence-electron chi connectivity index (χ2n) is 3.45. The molecule has 0 saturated carbocycles. The first-order chi connectivity index (χ1) is 7.99. The summed E-state index contributed by atoms with van der Waals surface area (Å²) < 4.78 is 25.9. The number of nitrogen functional groups attached to an aromatic ring is 1. The first-order valence-electron chi connectivity index (χ1n) is 4.72. The second-order valence-corrected chi connectivity index (χ2v) is 5.10. The third-order valence-corrected chi connectivity index (χ3v) is 3.43. The first-order valence-corrected chi connectivity index (χ1v) is 6.20. The van der Waals surface area contributed by atoms with Gasteiger partial charge in [-0.1, -0.05) is 0 Å². The number of imidazole rings is 1. The van der Waals surface area contributed by atoms with Crippen molar-refractivity contribution in [2.45, 2.75) is 11.9 Å². The minimum absolute atomic E-state index is 0.0196. The molecule has 2 aromatic rings. The number of nitrogens with two attached hydrogens (primary N) is 1. The van der Waals surface area contributed by atoms with Gasteiger partial charge in [0.25, 0.3) is 10.0 Å². The fourth-order valence-electron chi connectivity index (χ4n) is 1.21. The molecule has 0 aliphatic heterocycles. The summed E-state index contributed by atoms with van der Waals surface area (Å²) in [5.74, 6) is 0.214. The molecule has 0 saturated heterocycles. The van der Waals surface area contributed by atoms with Crippen LogP contribution in [0.25, 0.3) is 0 Å². The highest BCUT2D eigenvalue weighted by molar-refractivity contribution is 7.92. The molecule has 0 fully saturated rings. The van der Waals surface area contributed by atoms with E-state index in [1.807, 2.05) is 0 Å². The zero-order chi connectivity index (χ0) is 12.5. The van der Waals surface area contributed by atoms with Crippen LogP contribution in [0.3, 0.4) is 0 Å². The Morgan fingerprint density at radius 3 is 2.76 bits per heavy atom. The summed E-state index contributed by atoms with van der Waals surface area (Å²) >= 11 is 0.